The zero-order valence-corrected chi connectivity index (χ0v) is 10.3. The van der Waals surface area contributed by atoms with Crippen LogP contribution in [0.2, 0.25) is 0 Å². The molecule has 0 N–H and O–H groups in total. The van der Waals surface area contributed by atoms with Crippen molar-refractivity contribution < 1.29 is 14.0 Å². The predicted octanol–water partition coefficient (Wildman–Crippen LogP) is 3.17. The summed E-state index contributed by atoms with van der Waals surface area (Å²) < 4.78 is 16.6. The van der Waals surface area contributed by atoms with E-state index in [1.807, 2.05) is 67.6 Å². The molecule has 0 saturated heterocycles. The Morgan fingerprint density at radius 2 is 1.22 bits per heavy atom. The third-order valence-corrected chi connectivity index (χ3v) is 2.25. The number of benzene rings is 2. The molecule has 3 nitrogen and oxygen atoms in total. The van der Waals surface area contributed by atoms with E-state index in [9.17, 15) is 0 Å². The molecular formula is C14H15BO3. The third-order valence-electron chi connectivity index (χ3n) is 2.25. The van der Waals surface area contributed by atoms with Gasteiger partial charge in [-0.25, -0.2) is 0 Å². The van der Waals surface area contributed by atoms with E-state index in [1.165, 1.54) is 0 Å². The van der Waals surface area contributed by atoms with E-state index in [4.69, 9.17) is 14.0 Å². The van der Waals surface area contributed by atoms with Crippen LogP contribution < -0.4 is 9.31 Å². The van der Waals surface area contributed by atoms with Gasteiger partial charge in [0.2, 0.25) is 0 Å². The summed E-state index contributed by atoms with van der Waals surface area (Å²) in [6, 6.07) is 18.9. The van der Waals surface area contributed by atoms with E-state index < -0.39 is 7.32 Å². The van der Waals surface area contributed by atoms with Gasteiger partial charge in [0.1, 0.15) is 11.5 Å². The van der Waals surface area contributed by atoms with Crippen LogP contribution in [0.3, 0.4) is 0 Å². The van der Waals surface area contributed by atoms with Crippen LogP contribution in [-0.4, -0.2) is 13.9 Å². The molecule has 18 heavy (non-hydrogen) atoms. The fourth-order valence-electron chi connectivity index (χ4n) is 1.45. The lowest BCUT2D eigenvalue weighted by Gasteiger charge is -2.14. The van der Waals surface area contributed by atoms with Crippen molar-refractivity contribution >= 4 is 7.32 Å². The summed E-state index contributed by atoms with van der Waals surface area (Å²) in [6.07, 6.45) is 0. The second-order valence-electron chi connectivity index (χ2n) is 3.61. The van der Waals surface area contributed by atoms with Crippen molar-refractivity contribution in [1.29, 1.82) is 0 Å². The second kappa shape index (κ2) is 6.72. The predicted molar refractivity (Wildman–Crippen MR) is 71.5 cm³/mol. The molecule has 0 fully saturated rings. The van der Waals surface area contributed by atoms with Crippen molar-refractivity contribution in [3.8, 4) is 11.5 Å². The van der Waals surface area contributed by atoms with Gasteiger partial charge in [-0.3, -0.25) is 0 Å². The summed E-state index contributed by atoms with van der Waals surface area (Å²) in [5.41, 5.74) is 0. The largest absolute Gasteiger partial charge is 0.788 e. The summed E-state index contributed by atoms with van der Waals surface area (Å²) >= 11 is 0. The Bertz CT molecular complexity index is 406. The molecule has 0 amide bonds. The maximum atomic E-state index is 5.61. The Morgan fingerprint density at radius 1 is 0.778 bits per heavy atom. The highest BCUT2D eigenvalue weighted by molar-refractivity contribution is 6.38. The summed E-state index contributed by atoms with van der Waals surface area (Å²) in [5, 5.41) is 0. The van der Waals surface area contributed by atoms with Gasteiger partial charge in [0.25, 0.3) is 0 Å². The maximum absolute atomic E-state index is 5.61. The van der Waals surface area contributed by atoms with Gasteiger partial charge in [0.05, 0.1) is 0 Å². The molecule has 92 valence electrons. The van der Waals surface area contributed by atoms with Gasteiger partial charge >= 0.3 is 7.32 Å². The average Bonchev–Trinajstić information content (AvgIpc) is 2.41. The van der Waals surface area contributed by atoms with Crippen LogP contribution in [0.1, 0.15) is 6.92 Å². The van der Waals surface area contributed by atoms with Gasteiger partial charge in [0, 0.05) is 6.61 Å². The zero-order chi connectivity index (χ0) is 12.6. The van der Waals surface area contributed by atoms with Crippen molar-refractivity contribution in [3.05, 3.63) is 60.7 Å². The molecule has 0 radical (unpaired) electrons. The molecule has 0 aliphatic rings. The van der Waals surface area contributed by atoms with Gasteiger partial charge < -0.3 is 14.0 Å². The Hall–Kier alpha value is -1.94. The maximum Gasteiger partial charge on any atom is 0.788 e. The molecule has 2 aromatic rings. The topological polar surface area (TPSA) is 27.7 Å². The number of hydrogen-bond acceptors (Lipinski definition) is 3. The number of para-hydroxylation sites is 2. The molecule has 0 unspecified atom stereocenters. The summed E-state index contributed by atoms with van der Waals surface area (Å²) in [4.78, 5) is 0. The lowest BCUT2D eigenvalue weighted by molar-refractivity contribution is 0.212. The monoisotopic (exact) mass is 242 g/mol. The van der Waals surface area contributed by atoms with Crippen molar-refractivity contribution in [2.75, 3.05) is 6.61 Å². The Kier molecular flexibility index (Phi) is 4.67. The molecule has 4 heteroatoms. The molecule has 0 atom stereocenters. The fourth-order valence-corrected chi connectivity index (χ4v) is 1.45. The molecule has 0 spiro atoms. The van der Waals surface area contributed by atoms with Crippen LogP contribution in [0.5, 0.6) is 11.5 Å². The van der Waals surface area contributed by atoms with E-state index in [1.54, 1.807) is 0 Å². The Labute approximate surface area is 107 Å². The highest BCUT2D eigenvalue weighted by Gasteiger charge is 2.26. The van der Waals surface area contributed by atoms with Gasteiger partial charge in [0.15, 0.2) is 0 Å². The van der Waals surface area contributed by atoms with Crippen LogP contribution in [0.25, 0.3) is 0 Å². The molecular weight excluding hydrogens is 227 g/mol. The smallest absolute Gasteiger partial charge is 0.501 e. The Morgan fingerprint density at radius 3 is 1.61 bits per heavy atom. The molecule has 0 aromatic heterocycles. The highest BCUT2D eigenvalue weighted by atomic mass is 16.7. The van der Waals surface area contributed by atoms with Gasteiger partial charge in [-0.15, -0.1) is 0 Å². The zero-order valence-electron chi connectivity index (χ0n) is 10.3. The van der Waals surface area contributed by atoms with E-state index in [2.05, 4.69) is 0 Å². The first-order valence-electron chi connectivity index (χ1n) is 5.93. The van der Waals surface area contributed by atoms with Crippen LogP contribution in [0, 0.1) is 0 Å². The first kappa shape index (κ1) is 12.5. The van der Waals surface area contributed by atoms with Crippen molar-refractivity contribution in [2.24, 2.45) is 0 Å². The van der Waals surface area contributed by atoms with Gasteiger partial charge in [-0.05, 0) is 31.2 Å². The number of rotatable bonds is 6. The second-order valence-corrected chi connectivity index (χ2v) is 3.61. The summed E-state index contributed by atoms with van der Waals surface area (Å²) in [5.74, 6) is 1.43. The molecule has 0 aliphatic heterocycles. The lowest BCUT2D eigenvalue weighted by atomic mass is 10.2. The minimum absolute atomic E-state index is 0.518. The minimum Gasteiger partial charge on any atom is -0.501 e. The number of hydrogen-bond donors (Lipinski definition) is 0. The molecule has 2 rings (SSSR count). The van der Waals surface area contributed by atoms with Crippen LogP contribution in [-0.2, 0) is 4.65 Å². The quantitative estimate of drug-likeness (QED) is 0.728. The average molecular weight is 242 g/mol. The van der Waals surface area contributed by atoms with Crippen molar-refractivity contribution in [3.63, 3.8) is 0 Å². The van der Waals surface area contributed by atoms with Gasteiger partial charge in [-0.1, -0.05) is 36.4 Å². The molecule has 0 saturated carbocycles. The molecule has 0 bridgehead atoms. The van der Waals surface area contributed by atoms with Gasteiger partial charge in [-0.2, -0.15) is 0 Å². The van der Waals surface area contributed by atoms with E-state index in [0.717, 1.165) is 0 Å². The third kappa shape index (κ3) is 3.82. The van der Waals surface area contributed by atoms with E-state index in [0.29, 0.717) is 18.1 Å². The van der Waals surface area contributed by atoms with Crippen LogP contribution in [0.4, 0.5) is 0 Å². The minimum atomic E-state index is -0.736. The van der Waals surface area contributed by atoms with E-state index in [-0.39, 0.29) is 0 Å². The normalized spacial score (nSPS) is 9.83. The molecule has 0 heterocycles. The lowest BCUT2D eigenvalue weighted by Crippen LogP contribution is -2.33. The van der Waals surface area contributed by atoms with Crippen molar-refractivity contribution in [2.45, 2.75) is 6.92 Å². The van der Waals surface area contributed by atoms with Crippen molar-refractivity contribution in [1.82, 2.24) is 0 Å². The summed E-state index contributed by atoms with van der Waals surface area (Å²) in [6.45, 7) is 2.42. The highest BCUT2D eigenvalue weighted by Crippen LogP contribution is 2.14. The first-order valence-corrected chi connectivity index (χ1v) is 5.93. The van der Waals surface area contributed by atoms with Crippen LogP contribution in [0.15, 0.2) is 60.7 Å². The SMILES string of the molecule is CCOB(Oc1ccccc1)Oc1ccccc1. The molecule has 2 aromatic carbocycles. The first-order chi connectivity index (χ1) is 8.88. The van der Waals surface area contributed by atoms with Crippen LogP contribution >= 0.6 is 0 Å². The van der Waals surface area contributed by atoms with E-state index >= 15 is 0 Å². The standard InChI is InChI=1S/C14H15BO3/c1-2-16-15(17-13-9-5-3-6-10-13)18-14-11-7-4-8-12-14/h3-12H,2H2,1H3. The molecule has 0 aliphatic carbocycles. The Balaban J connectivity index is 2.00. The fraction of sp³-hybridized carbons (Fsp3) is 0.143. The summed E-state index contributed by atoms with van der Waals surface area (Å²) in [7, 11) is -0.736.